The second-order valence-corrected chi connectivity index (χ2v) is 6.85. The van der Waals surface area contributed by atoms with Crippen LogP contribution >= 0.6 is 27.5 Å². The molecule has 1 N–H and O–H groups in total. The molecule has 0 aliphatic carbocycles. The highest BCUT2D eigenvalue weighted by atomic mass is 79.9. The van der Waals surface area contributed by atoms with Gasteiger partial charge in [0.2, 0.25) is 0 Å². The second kappa shape index (κ2) is 8.87. The van der Waals surface area contributed by atoms with E-state index >= 15 is 0 Å². The first kappa shape index (κ1) is 19.3. The van der Waals surface area contributed by atoms with Gasteiger partial charge in [0.1, 0.15) is 5.75 Å². The standard InChI is InChI=1S/C18H18BrClN2O3/c1-22(2)17(23)11-25-15-5-3-4-12(8-15)18(24)21-10-13-6-7-14(19)9-16(13)20/h3-9H,10-11H2,1-2H3,(H,21,24). The van der Waals surface area contributed by atoms with Crippen LogP contribution in [-0.2, 0) is 11.3 Å². The van der Waals surface area contributed by atoms with E-state index in [-0.39, 0.29) is 18.4 Å². The Morgan fingerprint density at radius 1 is 1.20 bits per heavy atom. The Balaban J connectivity index is 1.97. The van der Waals surface area contributed by atoms with Crippen LogP contribution in [0.15, 0.2) is 46.9 Å². The third kappa shape index (κ3) is 5.76. The van der Waals surface area contributed by atoms with Crippen molar-refractivity contribution >= 4 is 39.3 Å². The summed E-state index contributed by atoms with van der Waals surface area (Å²) in [5.41, 5.74) is 1.27. The van der Waals surface area contributed by atoms with Gasteiger partial charge in [-0.05, 0) is 35.9 Å². The Bertz CT molecular complexity index is 781. The van der Waals surface area contributed by atoms with Gasteiger partial charge in [0.05, 0.1) is 0 Å². The summed E-state index contributed by atoms with van der Waals surface area (Å²) in [7, 11) is 3.31. The molecule has 25 heavy (non-hydrogen) atoms. The number of hydrogen-bond donors (Lipinski definition) is 1. The smallest absolute Gasteiger partial charge is 0.259 e. The average molecular weight is 426 g/mol. The van der Waals surface area contributed by atoms with Crippen LogP contribution in [0.5, 0.6) is 5.75 Å². The first-order valence-electron chi connectivity index (χ1n) is 7.52. The molecule has 0 fully saturated rings. The number of hydrogen-bond acceptors (Lipinski definition) is 3. The van der Waals surface area contributed by atoms with Gasteiger partial charge in [0, 0.05) is 35.7 Å². The topological polar surface area (TPSA) is 58.6 Å². The summed E-state index contributed by atoms with van der Waals surface area (Å²) in [6.07, 6.45) is 0. The summed E-state index contributed by atoms with van der Waals surface area (Å²) in [6, 6.07) is 12.2. The average Bonchev–Trinajstić information content (AvgIpc) is 2.58. The van der Waals surface area contributed by atoms with Crippen molar-refractivity contribution in [3.63, 3.8) is 0 Å². The number of benzene rings is 2. The maximum Gasteiger partial charge on any atom is 0.259 e. The molecule has 0 atom stereocenters. The summed E-state index contributed by atoms with van der Waals surface area (Å²) in [4.78, 5) is 25.3. The molecule has 2 aromatic carbocycles. The van der Waals surface area contributed by atoms with E-state index in [1.807, 2.05) is 12.1 Å². The van der Waals surface area contributed by atoms with E-state index in [0.29, 0.717) is 22.9 Å². The summed E-state index contributed by atoms with van der Waals surface area (Å²) in [5, 5.41) is 3.39. The first-order chi connectivity index (χ1) is 11.9. The van der Waals surface area contributed by atoms with Crippen molar-refractivity contribution in [3.05, 3.63) is 63.1 Å². The van der Waals surface area contributed by atoms with Crippen LogP contribution in [0, 0.1) is 0 Å². The molecule has 7 heteroatoms. The molecule has 0 saturated heterocycles. The molecule has 2 aromatic rings. The van der Waals surface area contributed by atoms with Crippen molar-refractivity contribution in [1.82, 2.24) is 10.2 Å². The minimum absolute atomic E-state index is 0.0768. The highest BCUT2D eigenvalue weighted by Gasteiger charge is 2.10. The third-order valence-corrected chi connectivity index (χ3v) is 4.26. The Labute approximate surface area is 160 Å². The van der Waals surface area contributed by atoms with E-state index in [4.69, 9.17) is 16.3 Å². The number of amides is 2. The van der Waals surface area contributed by atoms with Crippen LogP contribution < -0.4 is 10.1 Å². The fourth-order valence-corrected chi connectivity index (χ4v) is 2.68. The normalized spacial score (nSPS) is 10.2. The minimum atomic E-state index is -0.247. The van der Waals surface area contributed by atoms with E-state index in [1.165, 1.54) is 4.90 Å². The van der Waals surface area contributed by atoms with Gasteiger partial charge in [0.15, 0.2) is 6.61 Å². The van der Waals surface area contributed by atoms with E-state index in [2.05, 4.69) is 21.2 Å². The van der Waals surface area contributed by atoms with Gasteiger partial charge in [-0.25, -0.2) is 0 Å². The first-order valence-corrected chi connectivity index (χ1v) is 8.69. The van der Waals surface area contributed by atoms with Gasteiger partial charge in [0.25, 0.3) is 11.8 Å². The lowest BCUT2D eigenvalue weighted by Crippen LogP contribution is -2.27. The summed E-state index contributed by atoms with van der Waals surface area (Å²) >= 11 is 9.49. The van der Waals surface area contributed by atoms with Crippen LogP contribution in [0.3, 0.4) is 0 Å². The fourth-order valence-electron chi connectivity index (χ4n) is 1.94. The van der Waals surface area contributed by atoms with Gasteiger partial charge in [-0.1, -0.05) is 39.7 Å². The van der Waals surface area contributed by atoms with E-state index < -0.39 is 0 Å². The van der Waals surface area contributed by atoms with Gasteiger partial charge in [-0.3, -0.25) is 9.59 Å². The van der Waals surface area contributed by atoms with Crippen LogP contribution in [-0.4, -0.2) is 37.4 Å². The van der Waals surface area contributed by atoms with Crippen LogP contribution in [0.1, 0.15) is 15.9 Å². The van der Waals surface area contributed by atoms with E-state index in [1.54, 1.807) is 44.4 Å². The molecule has 2 rings (SSSR count). The van der Waals surface area contributed by atoms with Crippen molar-refractivity contribution < 1.29 is 14.3 Å². The molecular weight excluding hydrogens is 408 g/mol. The predicted octanol–water partition coefficient (Wildman–Crippen LogP) is 3.50. The van der Waals surface area contributed by atoms with Crippen molar-refractivity contribution in [1.29, 1.82) is 0 Å². The van der Waals surface area contributed by atoms with Crippen molar-refractivity contribution in [2.45, 2.75) is 6.54 Å². The molecule has 5 nitrogen and oxygen atoms in total. The molecule has 0 bridgehead atoms. The lowest BCUT2D eigenvalue weighted by molar-refractivity contribution is -0.130. The van der Waals surface area contributed by atoms with Crippen molar-refractivity contribution in [2.75, 3.05) is 20.7 Å². The maximum atomic E-state index is 12.3. The lowest BCUT2D eigenvalue weighted by Gasteiger charge is -2.12. The number of carbonyl (C=O) groups is 2. The van der Waals surface area contributed by atoms with Gasteiger partial charge >= 0.3 is 0 Å². The minimum Gasteiger partial charge on any atom is -0.484 e. The quantitative estimate of drug-likeness (QED) is 0.770. The number of carbonyl (C=O) groups excluding carboxylic acids is 2. The van der Waals surface area contributed by atoms with Gasteiger partial charge in [-0.2, -0.15) is 0 Å². The fraction of sp³-hybridized carbons (Fsp3) is 0.222. The molecule has 132 valence electrons. The Kier molecular flexibility index (Phi) is 6.84. The Hall–Kier alpha value is -2.05. The zero-order valence-corrected chi connectivity index (χ0v) is 16.2. The largest absolute Gasteiger partial charge is 0.484 e. The van der Waals surface area contributed by atoms with Crippen LogP contribution in [0.25, 0.3) is 0 Å². The van der Waals surface area contributed by atoms with Crippen molar-refractivity contribution in [3.8, 4) is 5.75 Å². The van der Waals surface area contributed by atoms with Crippen LogP contribution in [0.4, 0.5) is 0 Å². The van der Waals surface area contributed by atoms with Crippen molar-refractivity contribution in [2.24, 2.45) is 0 Å². The zero-order chi connectivity index (χ0) is 18.4. The predicted molar refractivity (Wildman–Crippen MR) is 101 cm³/mol. The highest BCUT2D eigenvalue weighted by molar-refractivity contribution is 9.10. The number of halogens is 2. The monoisotopic (exact) mass is 424 g/mol. The molecular formula is C18H18BrClN2O3. The molecule has 0 unspecified atom stereocenters. The molecule has 0 aliphatic heterocycles. The highest BCUT2D eigenvalue weighted by Crippen LogP contribution is 2.21. The molecule has 0 aliphatic rings. The second-order valence-electron chi connectivity index (χ2n) is 5.52. The SMILES string of the molecule is CN(C)C(=O)COc1cccc(C(=O)NCc2ccc(Br)cc2Cl)c1. The third-order valence-electron chi connectivity index (χ3n) is 3.41. The van der Waals surface area contributed by atoms with E-state index in [0.717, 1.165) is 10.0 Å². The number of nitrogens with zero attached hydrogens (tertiary/aromatic N) is 1. The number of ether oxygens (including phenoxy) is 1. The molecule has 0 heterocycles. The molecule has 0 saturated carbocycles. The molecule has 0 radical (unpaired) electrons. The van der Waals surface area contributed by atoms with Gasteiger partial charge < -0.3 is 15.0 Å². The summed E-state index contributed by atoms with van der Waals surface area (Å²) in [5.74, 6) is 0.0626. The molecule has 0 spiro atoms. The Morgan fingerprint density at radius 2 is 1.96 bits per heavy atom. The number of rotatable bonds is 6. The maximum absolute atomic E-state index is 12.3. The van der Waals surface area contributed by atoms with E-state index in [9.17, 15) is 9.59 Å². The summed E-state index contributed by atoms with van der Waals surface area (Å²) in [6.45, 7) is 0.238. The number of nitrogens with one attached hydrogen (secondary N) is 1. The van der Waals surface area contributed by atoms with Crippen LogP contribution in [0.2, 0.25) is 5.02 Å². The molecule has 0 aromatic heterocycles. The Morgan fingerprint density at radius 3 is 2.64 bits per heavy atom. The van der Waals surface area contributed by atoms with Gasteiger partial charge in [-0.15, -0.1) is 0 Å². The number of likely N-dealkylation sites (N-methyl/N-ethyl adjacent to an activating group) is 1. The zero-order valence-electron chi connectivity index (χ0n) is 13.9. The lowest BCUT2D eigenvalue weighted by atomic mass is 10.2. The summed E-state index contributed by atoms with van der Waals surface area (Å²) < 4.78 is 6.30. The molecule has 2 amide bonds.